The first-order valence-electron chi connectivity index (χ1n) is 6.86. The Morgan fingerprint density at radius 2 is 2.20 bits per heavy atom. The highest BCUT2D eigenvalue weighted by atomic mass is 35.7. The van der Waals surface area contributed by atoms with Crippen LogP contribution in [0.3, 0.4) is 0 Å². The van der Waals surface area contributed by atoms with Crippen molar-refractivity contribution in [3.05, 3.63) is 18.0 Å². The number of carbonyl (C=O) groups is 1. The lowest BCUT2D eigenvalue weighted by atomic mass is 10.1. The number of amides is 1. The first-order valence-corrected chi connectivity index (χ1v) is 9.17. The molecule has 2 bridgehead atoms. The fourth-order valence-corrected chi connectivity index (χ4v) is 4.14. The molecule has 7 heteroatoms. The van der Waals surface area contributed by atoms with Gasteiger partial charge in [0.15, 0.2) is 0 Å². The van der Waals surface area contributed by atoms with Crippen molar-refractivity contribution < 1.29 is 13.2 Å². The first-order chi connectivity index (χ1) is 9.40. The molecule has 1 amide bonds. The Hall–Kier alpha value is -1.01. The average molecular weight is 317 g/mol. The Labute approximate surface area is 122 Å². The summed E-state index contributed by atoms with van der Waals surface area (Å²) >= 11 is 0. The van der Waals surface area contributed by atoms with Crippen LogP contribution in [0.1, 0.15) is 36.7 Å². The van der Waals surface area contributed by atoms with Crippen LogP contribution in [-0.4, -0.2) is 36.4 Å². The number of fused-ring (bicyclic) bond motifs is 2. The van der Waals surface area contributed by atoms with E-state index >= 15 is 0 Å². The molecule has 2 unspecified atom stereocenters. The number of aryl methyl sites for hydroxylation is 1. The molecule has 0 aromatic carbocycles. The van der Waals surface area contributed by atoms with E-state index in [4.69, 9.17) is 10.7 Å². The van der Waals surface area contributed by atoms with Crippen LogP contribution in [0.5, 0.6) is 0 Å². The minimum atomic E-state index is -3.80. The monoisotopic (exact) mass is 316 g/mol. The maximum absolute atomic E-state index is 12.6. The molecule has 110 valence electrons. The molecule has 1 aliphatic carbocycles. The largest absolute Gasteiger partial charge is 0.342 e. The minimum absolute atomic E-state index is 0.00581. The number of hydrogen-bond acceptors (Lipinski definition) is 3. The molecule has 5 nitrogen and oxygen atoms in total. The van der Waals surface area contributed by atoms with Crippen molar-refractivity contribution in [3.63, 3.8) is 0 Å². The van der Waals surface area contributed by atoms with Crippen molar-refractivity contribution in [1.29, 1.82) is 0 Å². The molecule has 1 aromatic rings. The van der Waals surface area contributed by atoms with E-state index in [9.17, 15) is 13.2 Å². The van der Waals surface area contributed by atoms with E-state index < -0.39 is 9.05 Å². The summed E-state index contributed by atoms with van der Waals surface area (Å²) in [7, 11) is 1.56. The lowest BCUT2D eigenvalue weighted by Gasteiger charge is -2.27. The number of halogens is 1. The highest BCUT2D eigenvalue weighted by Gasteiger charge is 2.41. The molecule has 2 atom stereocenters. The third-order valence-corrected chi connectivity index (χ3v) is 5.70. The van der Waals surface area contributed by atoms with Gasteiger partial charge in [-0.05, 0) is 38.2 Å². The number of aromatic nitrogens is 1. The zero-order valence-electron chi connectivity index (χ0n) is 11.3. The summed E-state index contributed by atoms with van der Waals surface area (Å²) in [6, 6.07) is 1.71. The van der Waals surface area contributed by atoms with Gasteiger partial charge in [0.2, 0.25) is 0 Å². The van der Waals surface area contributed by atoms with Crippen LogP contribution in [0, 0.1) is 5.92 Å². The van der Waals surface area contributed by atoms with Crippen LogP contribution in [-0.2, 0) is 15.6 Å². The topological polar surface area (TPSA) is 59.4 Å². The molecule has 1 saturated carbocycles. The zero-order valence-corrected chi connectivity index (χ0v) is 12.8. The number of likely N-dealkylation sites (tertiary alicyclic amines) is 1. The molecular weight excluding hydrogens is 300 g/mol. The molecule has 3 rings (SSSR count). The molecule has 2 aliphatic rings. The third-order valence-electron chi connectivity index (χ3n) is 4.38. The molecular formula is C13H17ClN2O3S. The van der Waals surface area contributed by atoms with Gasteiger partial charge >= 0.3 is 0 Å². The molecule has 0 radical (unpaired) electrons. The van der Waals surface area contributed by atoms with E-state index in [2.05, 4.69) is 0 Å². The molecule has 20 heavy (non-hydrogen) atoms. The molecule has 2 heterocycles. The molecule has 1 aliphatic heterocycles. The number of rotatable bonds is 3. The van der Waals surface area contributed by atoms with Crippen molar-refractivity contribution in [1.82, 2.24) is 9.47 Å². The summed E-state index contributed by atoms with van der Waals surface area (Å²) in [5, 5.41) is 0. The standard InChI is InChI=1S/C13H17ClN2O3S/c1-2-15-8-11(20(14,18)19)6-12(15)13(17)16-7-9-3-4-10(16)5-9/h6,8-10H,2-5,7H2,1H3. The smallest absolute Gasteiger partial charge is 0.270 e. The third kappa shape index (κ3) is 2.24. The van der Waals surface area contributed by atoms with Crippen molar-refractivity contribution in [2.24, 2.45) is 5.92 Å². The van der Waals surface area contributed by atoms with E-state index in [0.717, 1.165) is 19.4 Å². The van der Waals surface area contributed by atoms with Crippen LogP contribution < -0.4 is 0 Å². The van der Waals surface area contributed by atoms with Gasteiger partial charge in [-0.1, -0.05) is 0 Å². The van der Waals surface area contributed by atoms with Crippen LogP contribution >= 0.6 is 10.7 Å². The maximum atomic E-state index is 12.6. The number of carbonyl (C=O) groups excluding carboxylic acids is 1. The highest BCUT2D eigenvalue weighted by Crippen LogP contribution is 2.38. The van der Waals surface area contributed by atoms with E-state index in [0.29, 0.717) is 24.2 Å². The maximum Gasteiger partial charge on any atom is 0.270 e. The summed E-state index contributed by atoms with van der Waals surface area (Å²) in [6.45, 7) is 3.20. The Morgan fingerprint density at radius 1 is 1.45 bits per heavy atom. The normalized spacial score (nSPS) is 25.4. The quantitative estimate of drug-likeness (QED) is 0.802. The zero-order chi connectivity index (χ0) is 14.5. The van der Waals surface area contributed by atoms with Gasteiger partial charge in [-0.15, -0.1) is 0 Å². The van der Waals surface area contributed by atoms with Crippen molar-refractivity contribution in [2.75, 3.05) is 6.54 Å². The van der Waals surface area contributed by atoms with Crippen molar-refractivity contribution in [3.8, 4) is 0 Å². The summed E-state index contributed by atoms with van der Waals surface area (Å²) in [6.07, 6.45) is 4.78. The molecule has 0 N–H and O–H groups in total. The minimum Gasteiger partial charge on any atom is -0.342 e. The molecule has 2 fully saturated rings. The molecule has 1 saturated heterocycles. The predicted molar refractivity (Wildman–Crippen MR) is 75.3 cm³/mol. The van der Waals surface area contributed by atoms with Gasteiger partial charge in [0, 0.05) is 36.0 Å². The van der Waals surface area contributed by atoms with E-state index in [1.807, 2.05) is 11.8 Å². The SMILES string of the molecule is CCn1cc(S(=O)(=O)Cl)cc1C(=O)N1CC2CCC1C2. The fourth-order valence-electron chi connectivity index (χ4n) is 3.38. The second-order valence-corrected chi connectivity index (χ2v) is 8.14. The van der Waals surface area contributed by atoms with Gasteiger partial charge in [0.05, 0.1) is 0 Å². The van der Waals surface area contributed by atoms with Crippen LogP contribution in [0.25, 0.3) is 0 Å². The number of piperidine rings is 1. The first kappa shape index (κ1) is 13.9. The van der Waals surface area contributed by atoms with E-state index in [1.54, 1.807) is 4.57 Å². The van der Waals surface area contributed by atoms with E-state index in [-0.39, 0.29) is 10.8 Å². The van der Waals surface area contributed by atoms with Gasteiger partial charge in [0.1, 0.15) is 10.6 Å². The number of nitrogens with zero attached hydrogens (tertiary/aromatic N) is 2. The van der Waals surface area contributed by atoms with Crippen LogP contribution in [0.15, 0.2) is 17.2 Å². The van der Waals surface area contributed by atoms with Gasteiger partial charge in [0.25, 0.3) is 15.0 Å². The Bertz CT molecular complexity index is 653. The van der Waals surface area contributed by atoms with Crippen LogP contribution in [0.4, 0.5) is 0 Å². The second kappa shape index (κ2) is 4.77. The molecule has 1 aromatic heterocycles. The highest BCUT2D eigenvalue weighted by molar-refractivity contribution is 8.13. The summed E-state index contributed by atoms with van der Waals surface area (Å²) in [4.78, 5) is 14.5. The van der Waals surface area contributed by atoms with Gasteiger partial charge in [-0.3, -0.25) is 4.79 Å². The summed E-state index contributed by atoms with van der Waals surface area (Å²) in [5.74, 6) is 0.538. The lowest BCUT2D eigenvalue weighted by Crippen LogP contribution is -2.38. The van der Waals surface area contributed by atoms with Crippen LogP contribution in [0.2, 0.25) is 0 Å². The average Bonchev–Trinajstić information content (AvgIpc) is 3.10. The second-order valence-electron chi connectivity index (χ2n) is 5.58. The fraction of sp³-hybridized carbons (Fsp3) is 0.615. The van der Waals surface area contributed by atoms with Gasteiger partial charge in [-0.2, -0.15) is 0 Å². The Morgan fingerprint density at radius 3 is 2.70 bits per heavy atom. The van der Waals surface area contributed by atoms with Crippen molar-refractivity contribution in [2.45, 2.75) is 43.7 Å². The van der Waals surface area contributed by atoms with Gasteiger partial charge in [-0.25, -0.2) is 8.42 Å². The van der Waals surface area contributed by atoms with Gasteiger partial charge < -0.3 is 9.47 Å². The Balaban J connectivity index is 1.93. The predicted octanol–water partition coefficient (Wildman–Crippen LogP) is 2.06. The van der Waals surface area contributed by atoms with E-state index in [1.165, 1.54) is 18.7 Å². The summed E-state index contributed by atoms with van der Waals surface area (Å²) in [5.41, 5.74) is 0.416. The lowest BCUT2D eigenvalue weighted by molar-refractivity contribution is 0.0692. The Kier molecular flexibility index (Phi) is 3.33. The molecule has 0 spiro atoms. The number of hydrogen-bond donors (Lipinski definition) is 0. The van der Waals surface area contributed by atoms with Crippen molar-refractivity contribution >= 4 is 25.6 Å². The summed E-state index contributed by atoms with van der Waals surface area (Å²) < 4.78 is 24.5.